The van der Waals surface area contributed by atoms with Crippen LogP contribution in [0.2, 0.25) is 0 Å². The van der Waals surface area contributed by atoms with Crippen molar-refractivity contribution in [1.29, 1.82) is 5.26 Å². The monoisotopic (exact) mass is 200 g/mol. The molecule has 1 aromatic carbocycles. The van der Waals surface area contributed by atoms with Gasteiger partial charge in [-0.2, -0.15) is 5.26 Å². The van der Waals surface area contributed by atoms with Crippen LogP contribution in [0.1, 0.15) is 18.1 Å². The van der Waals surface area contributed by atoms with E-state index in [1.54, 1.807) is 0 Å². The second-order valence-corrected chi connectivity index (χ2v) is 3.67. The fourth-order valence-electron chi connectivity index (χ4n) is 1.35. The predicted octanol–water partition coefficient (Wildman–Crippen LogP) is 2.68. The third kappa shape index (κ3) is 3.14. The highest BCUT2D eigenvalue weighted by Crippen LogP contribution is 2.15. The van der Waals surface area contributed by atoms with Gasteiger partial charge in [0, 0.05) is 20.3 Å². The minimum atomic E-state index is 0.697. The van der Waals surface area contributed by atoms with Gasteiger partial charge in [-0.1, -0.05) is 31.2 Å². The zero-order valence-electron chi connectivity index (χ0n) is 9.49. The van der Waals surface area contributed by atoms with E-state index in [2.05, 4.69) is 25.1 Å². The normalized spacial score (nSPS) is 10.9. The molecule has 0 N–H and O–H groups in total. The molecule has 78 valence electrons. The Labute approximate surface area is 91.4 Å². The minimum Gasteiger partial charge on any atom is -0.382 e. The number of benzene rings is 1. The van der Waals surface area contributed by atoms with Gasteiger partial charge < -0.3 is 4.90 Å². The maximum Gasteiger partial charge on any atom is 0.101 e. The van der Waals surface area contributed by atoms with E-state index in [4.69, 9.17) is 5.26 Å². The second-order valence-electron chi connectivity index (χ2n) is 3.67. The molecule has 0 amide bonds. The van der Waals surface area contributed by atoms with E-state index in [0.29, 0.717) is 5.57 Å². The fraction of sp³-hybridized carbons (Fsp3) is 0.308. The van der Waals surface area contributed by atoms with Crippen molar-refractivity contribution in [3.63, 3.8) is 0 Å². The summed E-state index contributed by atoms with van der Waals surface area (Å²) < 4.78 is 0. The average molecular weight is 200 g/mol. The summed E-state index contributed by atoms with van der Waals surface area (Å²) in [5.74, 6) is 0. The zero-order valence-corrected chi connectivity index (χ0v) is 9.49. The molecule has 0 heterocycles. The number of hydrogen-bond donors (Lipinski definition) is 0. The number of allylic oxidation sites excluding steroid dienone is 1. The molecule has 1 aromatic rings. The van der Waals surface area contributed by atoms with Crippen LogP contribution in [0.5, 0.6) is 0 Å². The summed E-state index contributed by atoms with van der Waals surface area (Å²) in [6.45, 7) is 2.12. The molecule has 0 aliphatic heterocycles. The molecule has 0 aromatic heterocycles. The Kier molecular flexibility index (Phi) is 3.93. The van der Waals surface area contributed by atoms with Crippen LogP contribution in [0.15, 0.2) is 30.5 Å². The summed E-state index contributed by atoms with van der Waals surface area (Å²) >= 11 is 0. The van der Waals surface area contributed by atoms with Crippen molar-refractivity contribution >= 4 is 5.57 Å². The molecule has 2 heteroatoms. The van der Waals surface area contributed by atoms with Gasteiger partial charge in [0.1, 0.15) is 6.07 Å². The Hall–Kier alpha value is -1.75. The summed E-state index contributed by atoms with van der Waals surface area (Å²) in [7, 11) is 3.83. The molecule has 0 unspecified atom stereocenters. The lowest BCUT2D eigenvalue weighted by Crippen LogP contribution is -2.02. The summed E-state index contributed by atoms with van der Waals surface area (Å²) in [5, 5.41) is 9.01. The van der Waals surface area contributed by atoms with Crippen LogP contribution in [-0.4, -0.2) is 19.0 Å². The molecule has 1 rings (SSSR count). The Morgan fingerprint density at radius 3 is 2.33 bits per heavy atom. The molecule has 0 radical (unpaired) electrons. The van der Waals surface area contributed by atoms with Gasteiger partial charge in [-0.25, -0.2) is 0 Å². The van der Waals surface area contributed by atoms with E-state index >= 15 is 0 Å². The molecule has 15 heavy (non-hydrogen) atoms. The van der Waals surface area contributed by atoms with E-state index in [9.17, 15) is 0 Å². The first-order chi connectivity index (χ1) is 7.17. The number of nitriles is 1. The van der Waals surface area contributed by atoms with Gasteiger partial charge in [0.25, 0.3) is 0 Å². The van der Waals surface area contributed by atoms with Gasteiger partial charge in [0.15, 0.2) is 0 Å². The van der Waals surface area contributed by atoms with Crippen molar-refractivity contribution in [3.8, 4) is 6.07 Å². The first-order valence-electron chi connectivity index (χ1n) is 5.05. The van der Waals surface area contributed by atoms with Crippen molar-refractivity contribution in [2.75, 3.05) is 14.1 Å². The molecule has 0 saturated heterocycles. The van der Waals surface area contributed by atoms with Gasteiger partial charge in [0.05, 0.1) is 5.57 Å². The molecule has 0 aliphatic rings. The van der Waals surface area contributed by atoms with Gasteiger partial charge in [-0.15, -0.1) is 0 Å². The van der Waals surface area contributed by atoms with Crippen LogP contribution in [-0.2, 0) is 6.42 Å². The third-order valence-electron chi connectivity index (χ3n) is 2.18. The highest BCUT2D eigenvalue weighted by molar-refractivity contribution is 5.76. The highest BCUT2D eigenvalue weighted by Gasteiger charge is 2.00. The van der Waals surface area contributed by atoms with Crippen molar-refractivity contribution in [1.82, 2.24) is 4.90 Å². The number of nitrogens with zero attached hydrogens (tertiary/aromatic N) is 2. The third-order valence-corrected chi connectivity index (χ3v) is 2.18. The van der Waals surface area contributed by atoms with Crippen LogP contribution in [0, 0.1) is 11.3 Å². The Morgan fingerprint density at radius 2 is 1.93 bits per heavy atom. The van der Waals surface area contributed by atoms with Crippen LogP contribution >= 0.6 is 0 Å². The molecule has 0 bridgehead atoms. The summed E-state index contributed by atoms with van der Waals surface area (Å²) in [6.07, 6.45) is 2.86. The maximum atomic E-state index is 9.01. The van der Waals surface area contributed by atoms with E-state index in [-0.39, 0.29) is 0 Å². The summed E-state index contributed by atoms with van der Waals surface area (Å²) in [5.41, 5.74) is 2.96. The Bertz CT molecular complexity index is 380. The average Bonchev–Trinajstić information content (AvgIpc) is 2.26. The van der Waals surface area contributed by atoms with Gasteiger partial charge >= 0.3 is 0 Å². The SMILES string of the molecule is CCc1ccc(/C(C#N)=C/N(C)C)cc1. The van der Waals surface area contributed by atoms with Crippen molar-refractivity contribution < 1.29 is 0 Å². The largest absolute Gasteiger partial charge is 0.382 e. The number of aryl methyl sites for hydroxylation is 1. The molecule has 0 aliphatic carbocycles. The Morgan fingerprint density at radius 1 is 1.33 bits per heavy atom. The van der Waals surface area contributed by atoms with Crippen molar-refractivity contribution in [2.45, 2.75) is 13.3 Å². The van der Waals surface area contributed by atoms with E-state index in [0.717, 1.165) is 12.0 Å². The standard InChI is InChI=1S/C13H16N2/c1-4-11-5-7-12(8-6-11)13(9-14)10-15(2)3/h5-8,10H,4H2,1-3H3/b13-10+. The number of rotatable bonds is 3. The molecule has 0 atom stereocenters. The quantitative estimate of drug-likeness (QED) is 0.701. The molecular weight excluding hydrogens is 184 g/mol. The topological polar surface area (TPSA) is 27.0 Å². The van der Waals surface area contributed by atoms with Gasteiger partial charge in [-0.3, -0.25) is 0 Å². The van der Waals surface area contributed by atoms with Crippen molar-refractivity contribution in [3.05, 3.63) is 41.6 Å². The van der Waals surface area contributed by atoms with E-state index < -0.39 is 0 Å². The van der Waals surface area contributed by atoms with Crippen LogP contribution in [0.3, 0.4) is 0 Å². The molecule has 0 saturated carbocycles. The van der Waals surface area contributed by atoms with E-state index in [1.165, 1.54) is 5.56 Å². The first-order valence-corrected chi connectivity index (χ1v) is 5.05. The van der Waals surface area contributed by atoms with Crippen LogP contribution < -0.4 is 0 Å². The molecule has 0 spiro atoms. The molecule has 0 fully saturated rings. The Balaban J connectivity index is 3.00. The first kappa shape index (κ1) is 11.3. The fourth-order valence-corrected chi connectivity index (χ4v) is 1.35. The van der Waals surface area contributed by atoms with Crippen LogP contribution in [0.4, 0.5) is 0 Å². The van der Waals surface area contributed by atoms with Crippen LogP contribution in [0.25, 0.3) is 5.57 Å². The lowest BCUT2D eigenvalue weighted by molar-refractivity contribution is 0.566. The van der Waals surface area contributed by atoms with Gasteiger partial charge in [0.2, 0.25) is 0 Å². The molecular formula is C13H16N2. The molecule has 2 nitrogen and oxygen atoms in total. The predicted molar refractivity (Wildman–Crippen MR) is 63.1 cm³/mol. The summed E-state index contributed by atoms with van der Waals surface area (Å²) in [6, 6.07) is 10.3. The van der Waals surface area contributed by atoms with E-state index in [1.807, 2.05) is 37.3 Å². The minimum absolute atomic E-state index is 0.697. The zero-order chi connectivity index (χ0) is 11.3. The van der Waals surface area contributed by atoms with Crippen molar-refractivity contribution in [2.24, 2.45) is 0 Å². The lowest BCUT2D eigenvalue weighted by Gasteiger charge is -2.07. The summed E-state index contributed by atoms with van der Waals surface area (Å²) in [4.78, 5) is 1.88. The second kappa shape index (κ2) is 5.21. The smallest absolute Gasteiger partial charge is 0.101 e. The number of hydrogen-bond acceptors (Lipinski definition) is 2. The highest BCUT2D eigenvalue weighted by atomic mass is 15.0. The van der Waals surface area contributed by atoms with Gasteiger partial charge in [-0.05, 0) is 17.5 Å². The lowest BCUT2D eigenvalue weighted by atomic mass is 10.0. The maximum absolute atomic E-state index is 9.01.